The lowest BCUT2D eigenvalue weighted by atomic mass is 10.0. The molecule has 1 aliphatic carbocycles. The van der Waals surface area contributed by atoms with Gasteiger partial charge < -0.3 is 0 Å². The van der Waals surface area contributed by atoms with Crippen LogP contribution in [-0.4, -0.2) is 0 Å². The van der Waals surface area contributed by atoms with E-state index in [-0.39, 0.29) is 5.57 Å². The van der Waals surface area contributed by atoms with E-state index in [9.17, 15) is 22.0 Å². The van der Waals surface area contributed by atoms with E-state index in [1.54, 1.807) is 0 Å². The summed E-state index contributed by atoms with van der Waals surface area (Å²) in [4.78, 5) is 0. The number of halogens is 5. The Hall–Kier alpha value is -1.65. The lowest BCUT2D eigenvalue weighted by molar-refractivity contribution is 0.376. The fraction of sp³-hybridized carbons (Fsp3) is 0. The van der Waals surface area contributed by atoms with Crippen molar-refractivity contribution >= 4 is 5.57 Å². The Balaban J connectivity index is 2.70. The summed E-state index contributed by atoms with van der Waals surface area (Å²) in [5.41, 5.74) is -0.950. The van der Waals surface area contributed by atoms with Crippen LogP contribution in [0.1, 0.15) is 5.56 Å². The average molecular weight is 231 g/mol. The molecule has 0 unspecified atom stereocenters. The SMILES string of the molecule is Fc1c(F)c(F)c(C2=CC=C[CH]2)c(F)c1F. The summed E-state index contributed by atoms with van der Waals surface area (Å²) in [6, 6.07) is 0. The Kier molecular flexibility index (Phi) is 2.53. The molecule has 1 aromatic carbocycles. The predicted octanol–water partition coefficient (Wildman–Crippen LogP) is 3.54. The van der Waals surface area contributed by atoms with E-state index in [0.29, 0.717) is 0 Å². The van der Waals surface area contributed by atoms with Crippen LogP contribution in [0.5, 0.6) is 0 Å². The second-order valence-corrected chi connectivity index (χ2v) is 3.12. The minimum atomic E-state index is -2.15. The Labute approximate surface area is 87.7 Å². The van der Waals surface area contributed by atoms with Gasteiger partial charge in [-0.1, -0.05) is 18.2 Å². The van der Waals surface area contributed by atoms with Gasteiger partial charge in [0.25, 0.3) is 0 Å². The van der Waals surface area contributed by atoms with Crippen molar-refractivity contribution in [2.24, 2.45) is 0 Å². The summed E-state index contributed by atoms with van der Waals surface area (Å²) in [7, 11) is 0. The Morgan fingerprint density at radius 1 is 0.625 bits per heavy atom. The molecule has 83 valence electrons. The zero-order valence-electron chi connectivity index (χ0n) is 7.70. The highest BCUT2D eigenvalue weighted by molar-refractivity contribution is 5.78. The van der Waals surface area contributed by atoms with Crippen LogP contribution in [0, 0.1) is 35.5 Å². The molecule has 0 spiro atoms. The van der Waals surface area contributed by atoms with Crippen LogP contribution in [0.4, 0.5) is 22.0 Å². The van der Waals surface area contributed by atoms with Gasteiger partial charge in [0.15, 0.2) is 23.3 Å². The van der Waals surface area contributed by atoms with Gasteiger partial charge in [-0.25, -0.2) is 22.0 Å². The zero-order chi connectivity index (χ0) is 11.9. The van der Waals surface area contributed by atoms with E-state index in [1.807, 2.05) is 0 Å². The first-order valence-electron chi connectivity index (χ1n) is 4.27. The molecule has 0 N–H and O–H groups in total. The molecule has 1 radical (unpaired) electrons. The minimum absolute atomic E-state index is 0.0483. The molecule has 0 amide bonds. The van der Waals surface area contributed by atoms with Gasteiger partial charge in [0, 0.05) is 6.42 Å². The molecule has 2 rings (SSSR count). The van der Waals surface area contributed by atoms with E-state index in [0.717, 1.165) is 0 Å². The van der Waals surface area contributed by atoms with Gasteiger partial charge in [0.2, 0.25) is 5.82 Å². The zero-order valence-corrected chi connectivity index (χ0v) is 7.70. The third-order valence-electron chi connectivity index (χ3n) is 2.16. The van der Waals surface area contributed by atoms with Gasteiger partial charge in [-0.05, 0) is 5.57 Å². The van der Waals surface area contributed by atoms with Gasteiger partial charge in [0.1, 0.15) is 0 Å². The number of rotatable bonds is 1. The van der Waals surface area contributed by atoms with Crippen LogP contribution in [0.25, 0.3) is 5.57 Å². The van der Waals surface area contributed by atoms with E-state index in [4.69, 9.17) is 0 Å². The molecule has 0 fully saturated rings. The molecule has 1 aromatic rings. The van der Waals surface area contributed by atoms with E-state index >= 15 is 0 Å². The van der Waals surface area contributed by atoms with Gasteiger partial charge >= 0.3 is 0 Å². The molecule has 5 heteroatoms. The minimum Gasteiger partial charge on any atom is -0.203 e. The lowest BCUT2D eigenvalue weighted by Crippen LogP contribution is -2.06. The van der Waals surface area contributed by atoms with Crippen molar-refractivity contribution in [1.82, 2.24) is 0 Å². The third kappa shape index (κ3) is 1.43. The highest BCUT2D eigenvalue weighted by Gasteiger charge is 2.27. The molecule has 0 saturated heterocycles. The first-order valence-corrected chi connectivity index (χ1v) is 4.27. The van der Waals surface area contributed by atoms with Crippen LogP contribution >= 0.6 is 0 Å². The summed E-state index contributed by atoms with van der Waals surface area (Å²) in [6.07, 6.45) is 5.40. The maximum absolute atomic E-state index is 13.2. The Morgan fingerprint density at radius 3 is 1.56 bits per heavy atom. The van der Waals surface area contributed by atoms with Crippen molar-refractivity contribution in [2.75, 3.05) is 0 Å². The number of hydrogen-bond donors (Lipinski definition) is 0. The normalized spacial score (nSPS) is 14.4. The molecule has 0 atom stereocenters. The molecular formula is C11H4F5. The molecule has 0 aliphatic heterocycles. The molecule has 16 heavy (non-hydrogen) atoms. The number of hydrogen-bond acceptors (Lipinski definition) is 0. The van der Waals surface area contributed by atoms with Gasteiger partial charge in [-0.2, -0.15) is 0 Å². The Morgan fingerprint density at radius 2 is 1.12 bits per heavy atom. The molecule has 0 heterocycles. The average Bonchev–Trinajstić information content (AvgIpc) is 2.77. The second-order valence-electron chi connectivity index (χ2n) is 3.12. The molecule has 0 saturated carbocycles. The van der Waals surface area contributed by atoms with E-state index < -0.39 is 34.6 Å². The highest BCUT2D eigenvalue weighted by atomic mass is 19.2. The van der Waals surface area contributed by atoms with Crippen molar-refractivity contribution in [3.05, 3.63) is 59.3 Å². The number of allylic oxidation sites excluding steroid dienone is 4. The quantitative estimate of drug-likeness (QED) is 0.394. The number of benzene rings is 1. The van der Waals surface area contributed by atoms with E-state index in [2.05, 4.69) is 0 Å². The van der Waals surface area contributed by atoms with Crippen LogP contribution in [-0.2, 0) is 0 Å². The maximum atomic E-state index is 13.2. The van der Waals surface area contributed by atoms with E-state index in [1.165, 1.54) is 24.6 Å². The highest BCUT2D eigenvalue weighted by Crippen LogP contribution is 2.31. The van der Waals surface area contributed by atoms with Crippen molar-refractivity contribution in [2.45, 2.75) is 0 Å². The van der Waals surface area contributed by atoms with Crippen molar-refractivity contribution < 1.29 is 22.0 Å². The molecular weight excluding hydrogens is 227 g/mol. The largest absolute Gasteiger partial charge is 0.203 e. The summed E-state index contributed by atoms with van der Waals surface area (Å²) in [5, 5.41) is 0. The maximum Gasteiger partial charge on any atom is 0.200 e. The topological polar surface area (TPSA) is 0 Å². The first kappa shape index (κ1) is 10.9. The predicted molar refractivity (Wildman–Crippen MR) is 47.6 cm³/mol. The van der Waals surface area contributed by atoms with Crippen molar-refractivity contribution in [3.63, 3.8) is 0 Å². The fourth-order valence-electron chi connectivity index (χ4n) is 1.40. The molecule has 0 nitrogen and oxygen atoms in total. The molecule has 1 aliphatic rings. The summed E-state index contributed by atoms with van der Waals surface area (Å²) in [6.45, 7) is 0. The molecule has 0 bridgehead atoms. The monoisotopic (exact) mass is 231 g/mol. The van der Waals surface area contributed by atoms with Crippen molar-refractivity contribution in [1.29, 1.82) is 0 Å². The fourth-order valence-corrected chi connectivity index (χ4v) is 1.40. The van der Waals surface area contributed by atoms with Crippen LogP contribution < -0.4 is 0 Å². The van der Waals surface area contributed by atoms with Crippen LogP contribution in [0.15, 0.2) is 18.2 Å². The lowest BCUT2D eigenvalue weighted by Gasteiger charge is -2.08. The standard InChI is InChI=1S/C11H4F5/c12-7-6(5-3-1-2-4-5)8(13)10(15)11(16)9(7)14/h1-4H. The van der Waals surface area contributed by atoms with Crippen LogP contribution in [0.2, 0.25) is 0 Å². The van der Waals surface area contributed by atoms with Gasteiger partial charge in [0.05, 0.1) is 5.56 Å². The smallest absolute Gasteiger partial charge is 0.200 e. The van der Waals surface area contributed by atoms with Crippen molar-refractivity contribution in [3.8, 4) is 0 Å². The molecule has 0 aromatic heterocycles. The summed E-state index contributed by atoms with van der Waals surface area (Å²) < 4.78 is 64.9. The summed E-state index contributed by atoms with van der Waals surface area (Å²) in [5.74, 6) is -9.65. The Bertz CT molecular complexity index is 485. The second kappa shape index (κ2) is 3.73. The summed E-state index contributed by atoms with van der Waals surface area (Å²) >= 11 is 0. The van der Waals surface area contributed by atoms with Crippen LogP contribution in [0.3, 0.4) is 0 Å². The first-order chi connectivity index (χ1) is 7.54. The van der Waals surface area contributed by atoms with Gasteiger partial charge in [-0.3, -0.25) is 0 Å². The van der Waals surface area contributed by atoms with Gasteiger partial charge in [-0.15, -0.1) is 0 Å². The third-order valence-corrected chi connectivity index (χ3v) is 2.16.